The van der Waals surface area contributed by atoms with Gasteiger partial charge in [0.25, 0.3) is 4.87 Å². The third-order valence-electron chi connectivity index (χ3n) is 2.85. The second-order valence-electron chi connectivity index (χ2n) is 4.67. The van der Waals surface area contributed by atoms with Gasteiger partial charge in [-0.1, -0.05) is 23.4 Å². The predicted molar refractivity (Wildman–Crippen MR) is 92.1 cm³/mol. The Morgan fingerprint density at radius 1 is 1.19 bits per heavy atom. The maximum Gasteiger partial charge on any atom is 0.427 e. The van der Waals surface area contributed by atoms with E-state index in [0.717, 1.165) is 7.11 Å². The third kappa shape index (κ3) is 5.61. The normalized spacial score (nSPS) is 14.7. The highest BCUT2D eigenvalue weighted by Gasteiger charge is 2.65. The molecule has 0 fully saturated rings. The Balaban J connectivity index is 3.45. The van der Waals surface area contributed by atoms with Gasteiger partial charge in [-0.15, -0.1) is 0 Å². The summed E-state index contributed by atoms with van der Waals surface area (Å²) in [6, 6.07) is 5.27. The highest BCUT2D eigenvalue weighted by molar-refractivity contribution is 8.01. The average Bonchev–Trinajstić information content (AvgIpc) is 2.54. The zero-order chi connectivity index (χ0) is 20.0. The lowest BCUT2D eigenvalue weighted by Gasteiger charge is -2.35. The van der Waals surface area contributed by atoms with Crippen LogP contribution in [0, 0.1) is 0 Å². The number of benzene rings is 1. The van der Waals surface area contributed by atoms with Crippen LogP contribution < -0.4 is 5.09 Å². The predicted octanol–water partition coefficient (Wildman–Crippen LogP) is 4.63. The highest BCUT2D eigenvalue weighted by atomic mass is 35.5. The lowest BCUT2D eigenvalue weighted by Crippen LogP contribution is -2.59. The van der Waals surface area contributed by atoms with Crippen LogP contribution in [0.15, 0.2) is 29.2 Å². The second-order valence-corrected chi connectivity index (χ2v) is 8.13. The van der Waals surface area contributed by atoms with Gasteiger partial charge in [-0.05, 0) is 38.1 Å². The van der Waals surface area contributed by atoms with E-state index in [-0.39, 0.29) is 29.9 Å². The standard InChI is InChI=1S/C14H18ClF3NO5PS/c1-4-23-25(21,24-5-2)19-13(12(20)22-3,14(16,17)18)26-11-8-6-10(15)7-9-11/h6-9H,4-5H2,1-3H3,(H,19,21). The van der Waals surface area contributed by atoms with E-state index in [2.05, 4.69) is 4.74 Å². The van der Waals surface area contributed by atoms with E-state index in [1.165, 1.54) is 38.1 Å². The number of carbonyl (C=O) groups excluding carboxylic acids is 1. The minimum atomic E-state index is -5.20. The Morgan fingerprint density at radius 2 is 1.69 bits per heavy atom. The fourth-order valence-corrected chi connectivity index (χ4v) is 4.84. The molecule has 0 spiro atoms. The Kier molecular flexibility index (Phi) is 8.44. The molecule has 0 amide bonds. The van der Waals surface area contributed by atoms with Crippen molar-refractivity contribution in [3.63, 3.8) is 0 Å². The first-order chi connectivity index (χ1) is 12.0. The highest BCUT2D eigenvalue weighted by Crippen LogP contribution is 2.54. The zero-order valence-electron chi connectivity index (χ0n) is 14.1. The van der Waals surface area contributed by atoms with Crippen molar-refractivity contribution >= 4 is 37.1 Å². The number of halogens is 4. The Labute approximate surface area is 158 Å². The number of esters is 1. The first-order valence-electron chi connectivity index (χ1n) is 7.31. The van der Waals surface area contributed by atoms with Gasteiger partial charge >= 0.3 is 19.9 Å². The minimum Gasteiger partial charge on any atom is -0.467 e. The monoisotopic (exact) mass is 435 g/mol. The van der Waals surface area contributed by atoms with E-state index in [1.807, 2.05) is 0 Å². The van der Waals surface area contributed by atoms with E-state index >= 15 is 0 Å². The molecule has 0 saturated carbocycles. The Bertz CT molecular complexity index is 651. The summed E-state index contributed by atoms with van der Waals surface area (Å²) < 4.78 is 68.5. The van der Waals surface area contributed by atoms with E-state index in [1.54, 1.807) is 5.09 Å². The number of hydrogen-bond donors (Lipinski definition) is 1. The molecule has 0 aliphatic rings. The topological polar surface area (TPSA) is 73.9 Å². The number of carbonyl (C=O) groups is 1. The van der Waals surface area contributed by atoms with Crippen LogP contribution in [0.2, 0.25) is 5.02 Å². The Morgan fingerprint density at radius 3 is 2.08 bits per heavy atom. The minimum absolute atomic E-state index is 0.0316. The first kappa shape index (κ1) is 23.3. The van der Waals surface area contributed by atoms with Crippen molar-refractivity contribution in [1.82, 2.24) is 5.09 Å². The summed E-state index contributed by atoms with van der Waals surface area (Å²) in [4.78, 5) is 8.76. The molecule has 26 heavy (non-hydrogen) atoms. The molecule has 1 aromatic rings. The molecule has 1 rings (SSSR count). The number of alkyl halides is 3. The van der Waals surface area contributed by atoms with Crippen LogP contribution in [-0.2, 0) is 23.1 Å². The van der Waals surface area contributed by atoms with Crippen molar-refractivity contribution in [1.29, 1.82) is 0 Å². The molecule has 12 heteroatoms. The summed E-state index contributed by atoms with van der Waals surface area (Å²) in [6.07, 6.45) is -5.20. The van der Waals surface area contributed by atoms with Crippen molar-refractivity contribution < 1.29 is 36.3 Å². The van der Waals surface area contributed by atoms with Crippen molar-refractivity contribution in [2.24, 2.45) is 0 Å². The average molecular weight is 436 g/mol. The lowest BCUT2D eigenvalue weighted by molar-refractivity contribution is -0.188. The number of nitrogens with one attached hydrogen (secondary N) is 1. The number of thioether (sulfide) groups is 1. The van der Waals surface area contributed by atoms with Crippen LogP contribution in [0.25, 0.3) is 0 Å². The summed E-state index contributed by atoms with van der Waals surface area (Å²) in [5.74, 6) is -1.70. The number of rotatable bonds is 9. The molecule has 0 aliphatic heterocycles. The zero-order valence-corrected chi connectivity index (χ0v) is 16.6. The molecule has 0 radical (unpaired) electrons. The van der Waals surface area contributed by atoms with Crippen molar-refractivity contribution in [2.45, 2.75) is 29.8 Å². The summed E-state index contributed by atoms with van der Waals surface area (Å²) >= 11 is 5.79. The maximum atomic E-state index is 13.9. The molecular weight excluding hydrogens is 418 g/mol. The molecule has 1 atom stereocenters. The van der Waals surface area contributed by atoms with Crippen LogP contribution in [-0.4, -0.2) is 37.3 Å². The SMILES string of the molecule is CCOP(=O)(NC(Sc1ccc(Cl)cc1)(C(=O)OC)C(F)(F)F)OCC. The van der Waals surface area contributed by atoms with Gasteiger partial charge in [-0.25, -0.2) is 9.36 Å². The van der Waals surface area contributed by atoms with Crippen molar-refractivity contribution in [2.75, 3.05) is 20.3 Å². The van der Waals surface area contributed by atoms with Crippen LogP contribution >= 0.6 is 31.1 Å². The number of ether oxygens (including phenoxy) is 1. The second kappa shape index (κ2) is 9.43. The van der Waals surface area contributed by atoms with Gasteiger partial charge in [-0.2, -0.15) is 18.3 Å². The lowest BCUT2D eigenvalue weighted by atomic mass is 10.3. The number of hydrogen-bond acceptors (Lipinski definition) is 6. The molecule has 0 aromatic heterocycles. The van der Waals surface area contributed by atoms with Crippen LogP contribution in [0.4, 0.5) is 13.2 Å². The van der Waals surface area contributed by atoms with Crippen molar-refractivity contribution in [3.8, 4) is 0 Å². The molecule has 6 nitrogen and oxygen atoms in total. The van der Waals surface area contributed by atoms with Crippen LogP contribution in [0.5, 0.6) is 0 Å². The quantitative estimate of drug-likeness (QED) is 0.262. The van der Waals surface area contributed by atoms with Gasteiger partial charge in [0, 0.05) is 9.92 Å². The smallest absolute Gasteiger partial charge is 0.427 e. The molecule has 1 aromatic carbocycles. The molecule has 1 unspecified atom stereocenters. The fraction of sp³-hybridized carbons (Fsp3) is 0.500. The van der Waals surface area contributed by atoms with Gasteiger partial charge in [0.1, 0.15) is 0 Å². The van der Waals surface area contributed by atoms with E-state index in [0.29, 0.717) is 5.02 Å². The third-order valence-corrected chi connectivity index (χ3v) is 6.37. The summed E-state index contributed by atoms with van der Waals surface area (Å²) in [6.45, 7) is 2.44. The van der Waals surface area contributed by atoms with Crippen molar-refractivity contribution in [3.05, 3.63) is 29.3 Å². The molecule has 1 N–H and O–H groups in total. The summed E-state index contributed by atoms with van der Waals surface area (Å²) in [5, 5.41) is 2.04. The maximum absolute atomic E-state index is 13.9. The fourth-order valence-electron chi connectivity index (χ4n) is 1.80. The Hall–Kier alpha value is -0.770. The largest absolute Gasteiger partial charge is 0.467 e. The summed E-state index contributed by atoms with van der Waals surface area (Å²) in [5.41, 5.74) is 0. The van der Waals surface area contributed by atoms with E-state index in [4.69, 9.17) is 20.6 Å². The first-order valence-corrected chi connectivity index (χ1v) is 10.1. The van der Waals surface area contributed by atoms with Gasteiger partial charge in [0.15, 0.2) is 0 Å². The molecular formula is C14H18ClF3NO5PS. The molecule has 0 saturated heterocycles. The molecule has 0 bridgehead atoms. The van der Waals surface area contributed by atoms with E-state index in [9.17, 15) is 22.5 Å². The van der Waals surface area contributed by atoms with E-state index < -0.39 is 24.8 Å². The summed E-state index contributed by atoms with van der Waals surface area (Å²) in [7, 11) is -3.68. The number of methoxy groups -OCH3 is 1. The van der Waals surface area contributed by atoms with Gasteiger partial charge in [0.2, 0.25) is 0 Å². The van der Waals surface area contributed by atoms with Gasteiger partial charge in [0.05, 0.1) is 20.3 Å². The molecule has 0 heterocycles. The molecule has 148 valence electrons. The van der Waals surface area contributed by atoms with Gasteiger partial charge in [-0.3, -0.25) is 9.05 Å². The van der Waals surface area contributed by atoms with Gasteiger partial charge < -0.3 is 4.74 Å². The van der Waals surface area contributed by atoms with Crippen LogP contribution in [0.3, 0.4) is 0 Å². The molecule has 0 aliphatic carbocycles. The van der Waals surface area contributed by atoms with Crippen LogP contribution in [0.1, 0.15) is 13.8 Å².